The van der Waals surface area contributed by atoms with Gasteiger partial charge >= 0.3 is 12.1 Å². The number of nitrogens with one attached hydrogen (secondary N) is 1. The van der Waals surface area contributed by atoms with Crippen molar-refractivity contribution in [1.82, 2.24) is 5.32 Å². The second-order valence-electron chi connectivity index (χ2n) is 7.03. The van der Waals surface area contributed by atoms with Gasteiger partial charge in [-0.2, -0.15) is 0 Å². The van der Waals surface area contributed by atoms with Crippen LogP contribution >= 0.6 is 0 Å². The number of benzene rings is 2. The van der Waals surface area contributed by atoms with E-state index in [0.29, 0.717) is 18.8 Å². The zero-order valence-corrected chi connectivity index (χ0v) is 16.3. The quantitative estimate of drug-likeness (QED) is 0.359. The predicted molar refractivity (Wildman–Crippen MR) is 113 cm³/mol. The fourth-order valence-electron chi connectivity index (χ4n) is 3.59. The number of nitrogens with two attached hydrogens (primary N) is 1. The lowest BCUT2D eigenvalue weighted by Crippen LogP contribution is -2.41. The molecule has 1 amide bonds. The molecule has 1 atom stereocenters. The highest BCUT2D eigenvalue weighted by atomic mass is 16.5. The molecular formula is C22H27N3O4. The van der Waals surface area contributed by atoms with Crippen molar-refractivity contribution in [2.75, 3.05) is 13.2 Å². The summed E-state index contributed by atoms with van der Waals surface area (Å²) >= 11 is 0. The van der Waals surface area contributed by atoms with Gasteiger partial charge in [-0.15, -0.1) is 0 Å². The van der Waals surface area contributed by atoms with Gasteiger partial charge in [0.15, 0.2) is 0 Å². The van der Waals surface area contributed by atoms with E-state index in [1.54, 1.807) is 6.92 Å². The Kier molecular flexibility index (Phi) is 6.49. The minimum atomic E-state index is -1.10. The second-order valence-corrected chi connectivity index (χ2v) is 7.03. The molecule has 1 aliphatic rings. The van der Waals surface area contributed by atoms with E-state index in [1.807, 2.05) is 36.4 Å². The minimum Gasteiger partial charge on any atom is -0.480 e. The van der Waals surface area contributed by atoms with E-state index in [2.05, 4.69) is 22.4 Å². The number of fused-ring (bicyclic) bond motifs is 3. The topological polar surface area (TPSA) is 114 Å². The van der Waals surface area contributed by atoms with Crippen LogP contribution < -0.4 is 11.1 Å². The molecule has 2 aromatic rings. The SMILES string of the molecule is CC(N)=NCCCC(NC(=O)OCC1c2ccccc2-c2ccccc21)C(=O)O.[HH]. The highest BCUT2D eigenvalue weighted by Crippen LogP contribution is 2.44. The molecule has 0 radical (unpaired) electrons. The third-order valence-electron chi connectivity index (χ3n) is 4.95. The van der Waals surface area contributed by atoms with E-state index in [9.17, 15) is 14.7 Å². The molecule has 0 fully saturated rings. The normalized spacial score (nSPS) is 14.0. The third kappa shape index (κ3) is 4.93. The second kappa shape index (κ2) is 9.23. The highest BCUT2D eigenvalue weighted by Gasteiger charge is 2.29. The number of ether oxygens (including phenoxy) is 1. The summed E-state index contributed by atoms with van der Waals surface area (Å²) in [4.78, 5) is 27.7. The van der Waals surface area contributed by atoms with Crippen LogP contribution in [0.25, 0.3) is 11.1 Å². The molecule has 0 heterocycles. The van der Waals surface area contributed by atoms with Crippen LogP contribution in [0, 0.1) is 0 Å². The number of carboxylic acids is 1. The fourth-order valence-corrected chi connectivity index (χ4v) is 3.59. The molecule has 0 aliphatic heterocycles. The number of amides is 1. The average Bonchev–Trinajstić information content (AvgIpc) is 3.02. The van der Waals surface area contributed by atoms with Crippen molar-refractivity contribution >= 4 is 17.9 Å². The van der Waals surface area contributed by atoms with Gasteiger partial charge in [0.2, 0.25) is 0 Å². The Morgan fingerprint density at radius 1 is 1.17 bits per heavy atom. The van der Waals surface area contributed by atoms with E-state index >= 15 is 0 Å². The summed E-state index contributed by atoms with van der Waals surface area (Å²) in [5.74, 6) is -0.730. The van der Waals surface area contributed by atoms with Crippen LogP contribution in [-0.4, -0.2) is 42.2 Å². The summed E-state index contributed by atoms with van der Waals surface area (Å²) in [6.45, 7) is 2.23. The van der Waals surface area contributed by atoms with Crippen molar-refractivity contribution in [1.29, 1.82) is 0 Å². The molecule has 0 spiro atoms. The first-order valence-corrected chi connectivity index (χ1v) is 9.58. The number of nitrogens with zero attached hydrogens (tertiary/aromatic N) is 1. The zero-order chi connectivity index (χ0) is 20.8. The molecule has 29 heavy (non-hydrogen) atoms. The number of rotatable bonds is 8. The Bertz CT molecular complexity index is 883. The van der Waals surface area contributed by atoms with E-state index in [-0.39, 0.29) is 20.4 Å². The summed E-state index contributed by atoms with van der Waals surface area (Å²) in [5, 5.41) is 11.8. The van der Waals surface area contributed by atoms with Gasteiger partial charge in [0, 0.05) is 13.9 Å². The third-order valence-corrected chi connectivity index (χ3v) is 4.95. The first-order valence-electron chi connectivity index (χ1n) is 9.58. The summed E-state index contributed by atoms with van der Waals surface area (Å²) in [7, 11) is 0. The Morgan fingerprint density at radius 3 is 2.31 bits per heavy atom. The number of aliphatic imine (C=N–C) groups is 1. The average molecular weight is 397 g/mol. The molecule has 2 aromatic carbocycles. The maximum absolute atomic E-state index is 12.2. The Labute approximate surface area is 171 Å². The van der Waals surface area contributed by atoms with Crippen molar-refractivity contribution in [3.8, 4) is 11.1 Å². The molecule has 3 rings (SSSR count). The van der Waals surface area contributed by atoms with Gasteiger partial charge < -0.3 is 20.9 Å². The highest BCUT2D eigenvalue weighted by molar-refractivity contribution is 5.81. The molecule has 0 aromatic heterocycles. The number of hydrogen-bond acceptors (Lipinski definition) is 4. The van der Waals surface area contributed by atoms with Crippen LogP contribution in [0.3, 0.4) is 0 Å². The van der Waals surface area contributed by atoms with Crippen molar-refractivity contribution in [3.05, 3.63) is 59.7 Å². The van der Waals surface area contributed by atoms with Gasteiger partial charge in [-0.3, -0.25) is 4.99 Å². The fraction of sp³-hybridized carbons (Fsp3) is 0.318. The summed E-state index contributed by atoms with van der Waals surface area (Å²) in [5.41, 5.74) is 9.94. The largest absolute Gasteiger partial charge is 0.480 e. The molecule has 7 nitrogen and oxygen atoms in total. The van der Waals surface area contributed by atoms with Crippen LogP contribution in [0.2, 0.25) is 0 Å². The van der Waals surface area contributed by atoms with Gasteiger partial charge in [-0.25, -0.2) is 9.59 Å². The van der Waals surface area contributed by atoms with Crippen molar-refractivity contribution in [3.63, 3.8) is 0 Å². The van der Waals surface area contributed by atoms with Crippen molar-refractivity contribution in [2.45, 2.75) is 31.7 Å². The van der Waals surface area contributed by atoms with E-state index < -0.39 is 18.1 Å². The van der Waals surface area contributed by atoms with E-state index in [4.69, 9.17) is 10.5 Å². The summed E-state index contributed by atoms with van der Waals surface area (Å²) in [6, 6.07) is 15.0. The minimum absolute atomic E-state index is 0. The summed E-state index contributed by atoms with van der Waals surface area (Å²) in [6.07, 6.45) is 0.00336. The molecule has 1 unspecified atom stereocenters. The lowest BCUT2D eigenvalue weighted by molar-refractivity contribution is -0.139. The predicted octanol–water partition coefficient (Wildman–Crippen LogP) is 3.38. The van der Waals surface area contributed by atoms with Gasteiger partial charge in [0.1, 0.15) is 12.6 Å². The Hall–Kier alpha value is -3.35. The zero-order valence-electron chi connectivity index (χ0n) is 16.3. The van der Waals surface area contributed by atoms with Crippen LogP contribution in [-0.2, 0) is 9.53 Å². The number of carbonyl (C=O) groups is 2. The van der Waals surface area contributed by atoms with E-state index in [0.717, 1.165) is 22.3 Å². The number of aliphatic carboxylic acids is 1. The molecular weight excluding hydrogens is 370 g/mol. The first-order chi connectivity index (χ1) is 14.0. The number of hydrogen-bond donors (Lipinski definition) is 3. The van der Waals surface area contributed by atoms with Gasteiger partial charge in [0.25, 0.3) is 0 Å². The van der Waals surface area contributed by atoms with E-state index in [1.165, 1.54) is 0 Å². The summed E-state index contributed by atoms with van der Waals surface area (Å²) < 4.78 is 5.40. The maximum Gasteiger partial charge on any atom is 0.407 e. The monoisotopic (exact) mass is 397 g/mol. The lowest BCUT2D eigenvalue weighted by atomic mass is 9.98. The first kappa shape index (κ1) is 20.4. The molecule has 154 valence electrons. The lowest BCUT2D eigenvalue weighted by Gasteiger charge is -2.17. The number of alkyl carbamates (subject to hydrolysis) is 1. The van der Waals surface area contributed by atoms with Gasteiger partial charge in [-0.1, -0.05) is 48.5 Å². The number of carboxylic acid groups (broad SMARTS) is 1. The number of carbonyl (C=O) groups excluding carboxylic acids is 1. The van der Waals surface area contributed by atoms with Crippen molar-refractivity contribution < 1.29 is 20.9 Å². The molecule has 0 saturated heterocycles. The van der Waals surface area contributed by atoms with Gasteiger partial charge in [-0.05, 0) is 42.0 Å². The molecule has 1 aliphatic carbocycles. The van der Waals surface area contributed by atoms with Crippen LogP contribution in [0.5, 0.6) is 0 Å². The molecule has 0 bridgehead atoms. The molecule has 0 saturated carbocycles. The smallest absolute Gasteiger partial charge is 0.407 e. The maximum atomic E-state index is 12.2. The van der Waals surface area contributed by atoms with Crippen LogP contribution in [0.15, 0.2) is 53.5 Å². The van der Waals surface area contributed by atoms with Crippen molar-refractivity contribution in [2.24, 2.45) is 10.7 Å². The van der Waals surface area contributed by atoms with Crippen LogP contribution in [0.4, 0.5) is 4.79 Å². The number of amidine groups is 1. The Morgan fingerprint density at radius 2 is 1.76 bits per heavy atom. The molecule has 7 heteroatoms. The standard InChI is InChI=1S/C22H25N3O4.H2/c1-14(23)24-12-6-11-20(21(26)27)25-22(28)29-13-19-17-9-4-2-7-15(17)16-8-3-5-10-18(16)19;/h2-5,7-10,19-20H,6,11-13H2,1H3,(H2,23,24)(H,25,28)(H,26,27);1H. The Balaban J connectivity index is 0.00000320. The van der Waals surface area contributed by atoms with Crippen LogP contribution in [0.1, 0.15) is 38.2 Å². The molecule has 4 N–H and O–H groups in total. The van der Waals surface area contributed by atoms with Gasteiger partial charge in [0.05, 0.1) is 5.84 Å².